The molecule has 3 aromatic heterocycles. The molecule has 3 aromatic rings. The Kier molecular flexibility index (Phi) is 2.67. The van der Waals surface area contributed by atoms with E-state index in [2.05, 4.69) is 4.98 Å². The molecule has 0 aliphatic rings. The molecular weight excluding hydrogens is 264 g/mol. The Morgan fingerprint density at radius 2 is 2.37 bits per heavy atom. The monoisotopic (exact) mass is 276 g/mol. The zero-order chi connectivity index (χ0) is 13.6. The number of aromatic nitrogens is 2. The largest absolute Gasteiger partial charge is 0.504 e. The lowest BCUT2D eigenvalue weighted by molar-refractivity contribution is 0.0529. The fourth-order valence-corrected chi connectivity index (χ4v) is 3.04. The van der Waals surface area contributed by atoms with Gasteiger partial charge < -0.3 is 9.84 Å². The molecule has 3 heterocycles. The number of imidazole rings is 1. The highest BCUT2D eigenvalue weighted by Gasteiger charge is 2.23. The molecule has 0 atom stereocenters. The molecule has 19 heavy (non-hydrogen) atoms. The second-order valence-electron chi connectivity index (χ2n) is 4.15. The van der Waals surface area contributed by atoms with Crippen LogP contribution in [0.3, 0.4) is 0 Å². The fourth-order valence-electron chi connectivity index (χ4n) is 2.02. The lowest BCUT2D eigenvalue weighted by Gasteiger charge is -1.99. The van der Waals surface area contributed by atoms with E-state index in [4.69, 9.17) is 4.74 Å². The molecule has 0 aliphatic heterocycles. The number of rotatable bonds is 2. The van der Waals surface area contributed by atoms with Gasteiger partial charge in [-0.15, -0.1) is 11.3 Å². The van der Waals surface area contributed by atoms with Crippen LogP contribution in [0.2, 0.25) is 0 Å². The predicted molar refractivity (Wildman–Crippen MR) is 72.9 cm³/mol. The smallest absolute Gasteiger partial charge is 0.352 e. The van der Waals surface area contributed by atoms with Crippen molar-refractivity contribution in [1.29, 1.82) is 0 Å². The number of ether oxygens (including phenoxy) is 1. The van der Waals surface area contributed by atoms with E-state index in [9.17, 15) is 9.90 Å². The van der Waals surface area contributed by atoms with Crippen LogP contribution in [0.5, 0.6) is 5.75 Å². The van der Waals surface area contributed by atoms with Crippen LogP contribution in [0.1, 0.15) is 22.2 Å². The third-order valence-corrected chi connectivity index (χ3v) is 4.05. The number of thiophene rings is 1. The molecule has 0 spiro atoms. The third-order valence-electron chi connectivity index (χ3n) is 2.90. The highest BCUT2D eigenvalue weighted by atomic mass is 32.1. The number of carbonyl (C=O) groups excluding carboxylic acids is 1. The lowest BCUT2D eigenvalue weighted by atomic mass is 10.3. The summed E-state index contributed by atoms with van der Waals surface area (Å²) in [5, 5.41) is 10.1. The van der Waals surface area contributed by atoms with E-state index < -0.39 is 5.97 Å². The number of fused-ring (bicyclic) bond motifs is 3. The molecule has 1 N–H and O–H groups in total. The quantitative estimate of drug-likeness (QED) is 0.731. The van der Waals surface area contributed by atoms with Crippen molar-refractivity contribution < 1.29 is 14.6 Å². The normalized spacial score (nSPS) is 11.3. The van der Waals surface area contributed by atoms with E-state index in [1.54, 1.807) is 6.92 Å². The maximum atomic E-state index is 11.7. The van der Waals surface area contributed by atoms with Crippen molar-refractivity contribution in [2.75, 3.05) is 6.61 Å². The minimum absolute atomic E-state index is 0.0958. The maximum absolute atomic E-state index is 11.7. The highest BCUT2D eigenvalue weighted by Crippen LogP contribution is 2.37. The second-order valence-corrected chi connectivity index (χ2v) is 5.15. The number of aromatic hydroxyl groups is 1. The van der Waals surface area contributed by atoms with Gasteiger partial charge in [-0.05, 0) is 25.5 Å². The van der Waals surface area contributed by atoms with Crippen LogP contribution in [0.15, 0.2) is 18.3 Å². The first kappa shape index (κ1) is 12.0. The van der Waals surface area contributed by atoms with Crippen LogP contribution in [-0.2, 0) is 4.74 Å². The summed E-state index contributed by atoms with van der Waals surface area (Å²) in [6.45, 7) is 3.96. The van der Waals surface area contributed by atoms with Crippen molar-refractivity contribution in [1.82, 2.24) is 9.38 Å². The summed E-state index contributed by atoms with van der Waals surface area (Å²) >= 11 is 1.19. The molecule has 5 nitrogen and oxygen atoms in total. The number of hydrogen-bond acceptors (Lipinski definition) is 5. The number of pyridine rings is 1. The summed E-state index contributed by atoms with van der Waals surface area (Å²) in [6, 6.07) is 3.86. The Morgan fingerprint density at radius 1 is 1.58 bits per heavy atom. The molecule has 0 saturated heterocycles. The van der Waals surface area contributed by atoms with Gasteiger partial charge in [0.15, 0.2) is 10.6 Å². The zero-order valence-corrected chi connectivity index (χ0v) is 11.3. The first-order chi connectivity index (χ1) is 9.13. The van der Waals surface area contributed by atoms with Crippen molar-refractivity contribution in [2.45, 2.75) is 13.8 Å². The number of hydrogen-bond donors (Lipinski definition) is 1. The van der Waals surface area contributed by atoms with Gasteiger partial charge in [-0.2, -0.15) is 0 Å². The summed E-state index contributed by atoms with van der Waals surface area (Å²) in [5.41, 5.74) is 2.25. The number of nitrogens with zero attached hydrogens (tertiary/aromatic N) is 2. The topological polar surface area (TPSA) is 63.8 Å². The van der Waals surface area contributed by atoms with Gasteiger partial charge in [0.2, 0.25) is 0 Å². The Hall–Kier alpha value is -2.08. The van der Waals surface area contributed by atoms with Gasteiger partial charge in [0, 0.05) is 6.20 Å². The first-order valence-corrected chi connectivity index (χ1v) is 6.71. The fraction of sp³-hybridized carbons (Fsp3) is 0.231. The van der Waals surface area contributed by atoms with E-state index >= 15 is 0 Å². The molecular formula is C13H12N2O3S. The maximum Gasteiger partial charge on any atom is 0.352 e. The SMILES string of the molecule is CCOC(=O)c1sc2c(nc3c(C)cccn32)c1O. The van der Waals surface area contributed by atoms with Gasteiger partial charge in [-0.25, -0.2) is 9.78 Å². The van der Waals surface area contributed by atoms with Crippen LogP contribution in [0.25, 0.3) is 16.0 Å². The minimum atomic E-state index is -0.510. The van der Waals surface area contributed by atoms with E-state index in [0.29, 0.717) is 5.52 Å². The van der Waals surface area contributed by atoms with Crippen LogP contribution in [0, 0.1) is 6.92 Å². The van der Waals surface area contributed by atoms with E-state index in [1.807, 2.05) is 29.7 Å². The molecule has 0 saturated carbocycles. The summed E-state index contributed by atoms with van der Waals surface area (Å²) < 4.78 is 6.79. The average molecular weight is 276 g/mol. The molecule has 0 bridgehead atoms. The third kappa shape index (κ3) is 1.67. The summed E-state index contributed by atoms with van der Waals surface area (Å²) in [5.74, 6) is -0.606. The zero-order valence-electron chi connectivity index (χ0n) is 10.5. The van der Waals surface area contributed by atoms with Crippen molar-refractivity contribution in [2.24, 2.45) is 0 Å². The minimum Gasteiger partial charge on any atom is -0.504 e. The molecule has 6 heteroatoms. The van der Waals surface area contributed by atoms with E-state index in [-0.39, 0.29) is 17.2 Å². The molecule has 0 aromatic carbocycles. The Labute approximate surface area is 113 Å². The molecule has 0 unspecified atom stereocenters. The number of esters is 1. The van der Waals surface area contributed by atoms with Crippen LogP contribution >= 0.6 is 11.3 Å². The van der Waals surface area contributed by atoms with Crippen LogP contribution in [0.4, 0.5) is 0 Å². The Morgan fingerprint density at radius 3 is 3.11 bits per heavy atom. The molecule has 98 valence electrons. The van der Waals surface area contributed by atoms with Crippen LogP contribution < -0.4 is 0 Å². The highest BCUT2D eigenvalue weighted by molar-refractivity contribution is 7.20. The molecule has 0 radical (unpaired) electrons. The van der Waals surface area contributed by atoms with Crippen molar-refractivity contribution in [3.63, 3.8) is 0 Å². The lowest BCUT2D eigenvalue weighted by Crippen LogP contribution is -2.02. The van der Waals surface area contributed by atoms with Gasteiger partial charge in [-0.3, -0.25) is 4.40 Å². The van der Waals surface area contributed by atoms with Gasteiger partial charge in [0.25, 0.3) is 0 Å². The summed E-state index contributed by atoms with van der Waals surface area (Å²) in [6.07, 6.45) is 1.86. The Bertz CT molecular complexity index is 788. The number of aryl methyl sites for hydroxylation is 1. The van der Waals surface area contributed by atoms with Crippen LogP contribution in [-0.4, -0.2) is 27.1 Å². The summed E-state index contributed by atoms with van der Waals surface area (Å²) in [4.78, 5) is 17.1. The predicted octanol–water partition coefficient (Wildman–Crippen LogP) is 2.74. The molecule has 0 aliphatic carbocycles. The van der Waals surface area contributed by atoms with Gasteiger partial charge in [0.05, 0.1) is 6.61 Å². The molecule has 0 amide bonds. The first-order valence-electron chi connectivity index (χ1n) is 5.89. The average Bonchev–Trinajstić information content (AvgIpc) is 2.89. The van der Waals surface area contributed by atoms with Gasteiger partial charge in [-0.1, -0.05) is 6.07 Å². The molecule has 0 fully saturated rings. The van der Waals surface area contributed by atoms with Gasteiger partial charge >= 0.3 is 5.97 Å². The second kappa shape index (κ2) is 4.24. The van der Waals surface area contributed by atoms with Crippen molar-refractivity contribution in [3.05, 3.63) is 28.8 Å². The van der Waals surface area contributed by atoms with Crippen molar-refractivity contribution in [3.8, 4) is 5.75 Å². The van der Waals surface area contributed by atoms with E-state index in [1.165, 1.54) is 11.3 Å². The van der Waals surface area contributed by atoms with Crippen molar-refractivity contribution >= 4 is 33.3 Å². The Balaban J connectivity index is 2.28. The molecule has 3 rings (SSSR count). The summed E-state index contributed by atoms with van der Waals surface area (Å²) in [7, 11) is 0. The number of carbonyl (C=O) groups is 1. The standard InChI is InChI=1S/C13H12N2O3S/c1-3-18-13(17)10-9(16)8-12(19-10)15-6-4-5-7(2)11(15)14-8/h4-6,16H,3H2,1-2H3. The van der Waals surface area contributed by atoms with E-state index in [0.717, 1.165) is 16.0 Å². The van der Waals surface area contributed by atoms with Gasteiger partial charge in [0.1, 0.15) is 16.0 Å².